The van der Waals surface area contributed by atoms with Crippen LogP contribution < -0.4 is 4.74 Å². The lowest BCUT2D eigenvalue weighted by molar-refractivity contribution is -0.140. The number of ether oxygens (including phenoxy) is 2. The first-order chi connectivity index (χ1) is 15.5. The molecule has 0 aliphatic carbocycles. The number of amides is 1. The summed E-state index contributed by atoms with van der Waals surface area (Å²) in [5.41, 5.74) is 0.877. The van der Waals surface area contributed by atoms with E-state index in [9.17, 15) is 14.7 Å². The van der Waals surface area contributed by atoms with Gasteiger partial charge in [0.25, 0.3) is 11.7 Å². The van der Waals surface area contributed by atoms with Gasteiger partial charge in [-0.2, -0.15) is 0 Å². The van der Waals surface area contributed by atoms with E-state index in [-0.39, 0.29) is 16.9 Å². The lowest BCUT2D eigenvalue weighted by Crippen LogP contribution is -2.42. The Balaban J connectivity index is 1.76. The number of pyridine rings is 1. The maximum Gasteiger partial charge on any atom is 0.295 e. The second-order valence-corrected chi connectivity index (χ2v) is 8.01. The van der Waals surface area contributed by atoms with E-state index in [0.29, 0.717) is 42.6 Å². The maximum absolute atomic E-state index is 13.1. The smallest absolute Gasteiger partial charge is 0.295 e. The molecular formula is C23H24ClN3O5. The summed E-state index contributed by atoms with van der Waals surface area (Å²) in [6.07, 6.45) is 3.21. The Bertz CT molecular complexity index is 1040. The van der Waals surface area contributed by atoms with Crippen molar-refractivity contribution in [3.8, 4) is 5.75 Å². The number of methoxy groups -OCH3 is 1. The van der Waals surface area contributed by atoms with Crippen LogP contribution in [0.25, 0.3) is 5.76 Å². The van der Waals surface area contributed by atoms with E-state index in [2.05, 4.69) is 9.88 Å². The molecule has 2 aliphatic rings. The molecule has 0 saturated carbocycles. The molecule has 2 aliphatic heterocycles. The number of benzene rings is 1. The van der Waals surface area contributed by atoms with E-state index in [1.807, 2.05) is 0 Å². The number of hydrogen-bond donors (Lipinski definition) is 1. The Kier molecular flexibility index (Phi) is 6.74. The van der Waals surface area contributed by atoms with E-state index in [4.69, 9.17) is 21.1 Å². The standard InChI is InChI=1S/C23H24ClN3O5/c1-31-18-5-4-16(24)13-17(18)21(28)19-20(15-3-2-6-25-14-15)27(23(30)22(19)29)8-7-26-9-11-32-12-10-26/h2-6,13-14,20,28H,7-12H2,1H3/b21-19+. The van der Waals surface area contributed by atoms with Crippen LogP contribution in [0, 0.1) is 0 Å². The Labute approximate surface area is 191 Å². The van der Waals surface area contributed by atoms with Gasteiger partial charge in [-0.1, -0.05) is 17.7 Å². The monoisotopic (exact) mass is 457 g/mol. The largest absolute Gasteiger partial charge is 0.507 e. The number of morpholine rings is 1. The highest BCUT2D eigenvalue weighted by Gasteiger charge is 2.46. The summed E-state index contributed by atoms with van der Waals surface area (Å²) in [4.78, 5) is 34.0. The lowest BCUT2D eigenvalue weighted by Gasteiger charge is -2.30. The molecule has 9 heteroatoms. The van der Waals surface area contributed by atoms with Crippen LogP contribution in [0.5, 0.6) is 5.75 Å². The number of carbonyl (C=O) groups excluding carboxylic acids is 2. The van der Waals surface area contributed by atoms with Gasteiger partial charge in [0.15, 0.2) is 0 Å². The molecule has 0 spiro atoms. The normalized spacial score (nSPS) is 21.2. The molecule has 1 atom stereocenters. The highest BCUT2D eigenvalue weighted by Crippen LogP contribution is 2.41. The summed E-state index contributed by atoms with van der Waals surface area (Å²) in [5, 5.41) is 11.6. The van der Waals surface area contributed by atoms with Crippen molar-refractivity contribution >= 4 is 29.1 Å². The van der Waals surface area contributed by atoms with Crippen LogP contribution in [-0.4, -0.2) is 78.1 Å². The molecule has 1 amide bonds. The topological polar surface area (TPSA) is 92.2 Å². The minimum atomic E-state index is -0.770. The van der Waals surface area contributed by atoms with Gasteiger partial charge >= 0.3 is 0 Å². The summed E-state index contributed by atoms with van der Waals surface area (Å²) in [6, 6.07) is 7.48. The van der Waals surface area contributed by atoms with E-state index in [1.54, 1.807) is 36.7 Å². The molecule has 2 saturated heterocycles. The van der Waals surface area contributed by atoms with Gasteiger partial charge in [-0.25, -0.2) is 0 Å². The molecule has 0 bridgehead atoms. The minimum Gasteiger partial charge on any atom is -0.507 e. The number of rotatable bonds is 6. The van der Waals surface area contributed by atoms with Crippen LogP contribution >= 0.6 is 11.6 Å². The van der Waals surface area contributed by atoms with E-state index in [0.717, 1.165) is 13.1 Å². The summed E-state index contributed by atoms with van der Waals surface area (Å²) >= 11 is 6.13. The average Bonchev–Trinajstić information content (AvgIpc) is 3.08. The van der Waals surface area contributed by atoms with E-state index < -0.39 is 17.7 Å². The van der Waals surface area contributed by atoms with Gasteiger partial charge in [0, 0.05) is 43.6 Å². The third-order valence-corrected chi connectivity index (χ3v) is 5.95. The van der Waals surface area contributed by atoms with Crippen LogP contribution in [0.2, 0.25) is 5.02 Å². The second kappa shape index (κ2) is 9.68. The van der Waals surface area contributed by atoms with Gasteiger partial charge in [-0.3, -0.25) is 19.5 Å². The van der Waals surface area contributed by atoms with Crippen LogP contribution in [0.4, 0.5) is 0 Å². The average molecular weight is 458 g/mol. The first kappa shape index (κ1) is 22.3. The highest BCUT2D eigenvalue weighted by atomic mass is 35.5. The van der Waals surface area contributed by atoms with E-state index >= 15 is 0 Å². The number of aliphatic hydroxyl groups excluding tert-OH is 1. The van der Waals surface area contributed by atoms with Crippen LogP contribution in [0.3, 0.4) is 0 Å². The van der Waals surface area contributed by atoms with Crippen molar-refractivity contribution in [2.45, 2.75) is 6.04 Å². The molecule has 32 heavy (non-hydrogen) atoms. The predicted molar refractivity (Wildman–Crippen MR) is 119 cm³/mol. The first-order valence-electron chi connectivity index (χ1n) is 10.3. The number of aromatic nitrogens is 1. The highest BCUT2D eigenvalue weighted by molar-refractivity contribution is 6.46. The third-order valence-electron chi connectivity index (χ3n) is 5.72. The lowest BCUT2D eigenvalue weighted by atomic mass is 9.96. The van der Waals surface area contributed by atoms with E-state index in [1.165, 1.54) is 18.1 Å². The minimum absolute atomic E-state index is 0.00876. The number of ketones is 1. The number of Topliss-reactive ketones (excluding diaryl/α,β-unsaturated/α-hetero) is 1. The molecule has 1 N–H and O–H groups in total. The van der Waals surface area contributed by atoms with Crippen molar-refractivity contribution in [3.63, 3.8) is 0 Å². The van der Waals surface area contributed by atoms with Crippen molar-refractivity contribution in [1.29, 1.82) is 0 Å². The number of nitrogens with zero attached hydrogens (tertiary/aromatic N) is 3. The van der Waals surface area contributed by atoms with Crippen molar-refractivity contribution in [3.05, 3.63) is 64.4 Å². The molecule has 2 fully saturated rings. The molecule has 2 aromatic rings. The zero-order valence-electron chi connectivity index (χ0n) is 17.7. The van der Waals surface area contributed by atoms with Gasteiger partial charge in [0.2, 0.25) is 0 Å². The van der Waals surface area contributed by atoms with Crippen molar-refractivity contribution in [1.82, 2.24) is 14.8 Å². The van der Waals surface area contributed by atoms with Gasteiger partial charge in [-0.15, -0.1) is 0 Å². The summed E-state index contributed by atoms with van der Waals surface area (Å²) < 4.78 is 10.7. The number of aliphatic hydroxyl groups is 1. The number of halogens is 1. The Morgan fingerprint density at radius 3 is 2.72 bits per heavy atom. The second-order valence-electron chi connectivity index (χ2n) is 7.58. The van der Waals surface area contributed by atoms with Gasteiger partial charge < -0.3 is 19.5 Å². The molecular weight excluding hydrogens is 434 g/mol. The van der Waals surface area contributed by atoms with Crippen LogP contribution in [0.15, 0.2) is 48.3 Å². The predicted octanol–water partition coefficient (Wildman–Crippen LogP) is 2.50. The SMILES string of the molecule is COc1ccc(Cl)cc1/C(O)=C1\C(=O)C(=O)N(CCN2CCOCC2)C1c1cccnc1. The number of likely N-dealkylation sites (tertiary alicyclic amines) is 1. The fourth-order valence-electron chi connectivity index (χ4n) is 4.08. The zero-order valence-corrected chi connectivity index (χ0v) is 18.4. The third kappa shape index (κ3) is 4.34. The zero-order chi connectivity index (χ0) is 22.7. The molecule has 1 unspecified atom stereocenters. The quantitative estimate of drug-likeness (QED) is 0.404. The summed E-state index contributed by atoms with van der Waals surface area (Å²) in [5.74, 6) is -1.39. The molecule has 4 rings (SSSR count). The molecule has 168 valence electrons. The summed E-state index contributed by atoms with van der Waals surface area (Å²) in [7, 11) is 1.46. The number of hydrogen-bond acceptors (Lipinski definition) is 7. The first-order valence-corrected chi connectivity index (χ1v) is 10.7. The molecule has 0 radical (unpaired) electrons. The van der Waals surface area contributed by atoms with Crippen LogP contribution in [-0.2, 0) is 14.3 Å². The molecule has 1 aromatic carbocycles. The van der Waals surface area contributed by atoms with Gasteiger partial charge in [0.05, 0.1) is 37.5 Å². The van der Waals surface area contributed by atoms with Crippen molar-refractivity contribution < 1.29 is 24.2 Å². The van der Waals surface area contributed by atoms with Crippen LogP contribution in [0.1, 0.15) is 17.2 Å². The molecule has 1 aromatic heterocycles. The van der Waals surface area contributed by atoms with Gasteiger partial charge in [-0.05, 0) is 29.8 Å². The number of carbonyl (C=O) groups is 2. The maximum atomic E-state index is 13.1. The van der Waals surface area contributed by atoms with Crippen molar-refractivity contribution in [2.75, 3.05) is 46.5 Å². The van der Waals surface area contributed by atoms with Gasteiger partial charge in [0.1, 0.15) is 11.5 Å². The Morgan fingerprint density at radius 2 is 2.03 bits per heavy atom. The van der Waals surface area contributed by atoms with Crippen molar-refractivity contribution in [2.24, 2.45) is 0 Å². The fourth-order valence-corrected chi connectivity index (χ4v) is 4.25. The molecule has 3 heterocycles. The molecule has 8 nitrogen and oxygen atoms in total. The Hall–Kier alpha value is -2.94. The fraction of sp³-hybridized carbons (Fsp3) is 0.348. The summed E-state index contributed by atoms with van der Waals surface area (Å²) in [6.45, 7) is 3.72. The Morgan fingerprint density at radius 1 is 1.25 bits per heavy atom.